The van der Waals surface area contributed by atoms with E-state index in [1.54, 1.807) is 55.1 Å². The molecule has 0 radical (unpaired) electrons. The lowest BCUT2D eigenvalue weighted by molar-refractivity contribution is -0.113. The predicted molar refractivity (Wildman–Crippen MR) is 130 cm³/mol. The van der Waals surface area contributed by atoms with E-state index >= 15 is 0 Å². The van der Waals surface area contributed by atoms with Crippen LogP contribution in [0, 0.1) is 6.92 Å². The molecule has 0 fully saturated rings. The molecule has 164 valence electrons. The van der Waals surface area contributed by atoms with Crippen molar-refractivity contribution in [3.8, 4) is 32.0 Å². The molecule has 3 heterocycles. The topological polar surface area (TPSA) is 86.2 Å². The summed E-state index contributed by atoms with van der Waals surface area (Å²) < 4.78 is 10.5. The standard InChI is InChI=1S/C22H20N4O3S3/c1-13-21(32-22(23-13)18-5-4-10-30-18)16-8-9-20(26-25-16)31-12-19(27)24-15-7-6-14(28-2)11-17(15)29-3/h4-11H,12H2,1-3H3,(H,24,27). The molecule has 4 rings (SSSR count). The Morgan fingerprint density at radius 2 is 2.00 bits per heavy atom. The van der Waals surface area contributed by atoms with E-state index in [0.29, 0.717) is 22.2 Å². The molecule has 0 saturated heterocycles. The Bertz CT molecular complexity index is 1210. The highest BCUT2D eigenvalue weighted by atomic mass is 32.2. The monoisotopic (exact) mass is 484 g/mol. The highest BCUT2D eigenvalue weighted by Gasteiger charge is 2.14. The summed E-state index contributed by atoms with van der Waals surface area (Å²) in [6.45, 7) is 1.98. The number of thiophene rings is 1. The zero-order valence-corrected chi connectivity index (χ0v) is 20.1. The van der Waals surface area contributed by atoms with E-state index in [-0.39, 0.29) is 11.7 Å². The van der Waals surface area contributed by atoms with Crippen molar-refractivity contribution in [1.29, 1.82) is 0 Å². The van der Waals surface area contributed by atoms with E-state index in [4.69, 9.17) is 9.47 Å². The van der Waals surface area contributed by atoms with E-state index in [2.05, 4.69) is 26.6 Å². The van der Waals surface area contributed by atoms with Gasteiger partial charge in [-0.25, -0.2) is 4.98 Å². The van der Waals surface area contributed by atoms with Crippen LogP contribution in [0.4, 0.5) is 5.69 Å². The third kappa shape index (κ3) is 5.09. The van der Waals surface area contributed by atoms with Crippen molar-refractivity contribution in [3.05, 3.63) is 53.5 Å². The number of nitrogens with one attached hydrogen (secondary N) is 1. The van der Waals surface area contributed by atoms with Crippen molar-refractivity contribution >= 4 is 46.0 Å². The second kappa shape index (κ2) is 10.1. The number of carbonyl (C=O) groups excluding carboxylic acids is 1. The largest absolute Gasteiger partial charge is 0.497 e. The van der Waals surface area contributed by atoms with Gasteiger partial charge in [-0.2, -0.15) is 0 Å². The van der Waals surface area contributed by atoms with Crippen LogP contribution in [-0.2, 0) is 4.79 Å². The quantitative estimate of drug-likeness (QED) is 0.336. The van der Waals surface area contributed by atoms with Crippen molar-refractivity contribution in [3.63, 3.8) is 0 Å². The average Bonchev–Trinajstić information content (AvgIpc) is 3.48. The minimum atomic E-state index is -0.164. The number of ether oxygens (including phenoxy) is 2. The molecule has 0 unspecified atom stereocenters. The number of thiazole rings is 1. The first-order valence-corrected chi connectivity index (χ1v) is 12.3. The van der Waals surface area contributed by atoms with Crippen LogP contribution in [0.25, 0.3) is 20.5 Å². The fourth-order valence-corrected chi connectivity index (χ4v) is 5.33. The number of hydrogen-bond donors (Lipinski definition) is 1. The van der Waals surface area contributed by atoms with E-state index < -0.39 is 0 Å². The number of rotatable bonds is 8. The van der Waals surface area contributed by atoms with Gasteiger partial charge in [-0.1, -0.05) is 17.8 Å². The molecule has 32 heavy (non-hydrogen) atoms. The van der Waals surface area contributed by atoms with Gasteiger partial charge in [-0.15, -0.1) is 32.9 Å². The Morgan fingerprint density at radius 1 is 1.12 bits per heavy atom. The highest BCUT2D eigenvalue weighted by Crippen LogP contribution is 2.36. The molecule has 0 aliphatic carbocycles. The Hall–Kier alpha value is -2.95. The van der Waals surface area contributed by atoms with Gasteiger partial charge >= 0.3 is 0 Å². The molecular formula is C22H20N4O3S3. The zero-order chi connectivity index (χ0) is 22.5. The first-order chi connectivity index (χ1) is 15.6. The first kappa shape index (κ1) is 22.3. The molecule has 10 heteroatoms. The maximum atomic E-state index is 12.4. The van der Waals surface area contributed by atoms with Crippen molar-refractivity contribution in [2.24, 2.45) is 0 Å². The zero-order valence-electron chi connectivity index (χ0n) is 17.6. The minimum Gasteiger partial charge on any atom is -0.497 e. The first-order valence-electron chi connectivity index (χ1n) is 9.57. The van der Waals surface area contributed by atoms with Crippen LogP contribution in [0.5, 0.6) is 11.5 Å². The second-order valence-corrected chi connectivity index (χ2v) is 9.51. The maximum absolute atomic E-state index is 12.4. The van der Waals surface area contributed by atoms with Crippen LogP contribution in [0.15, 0.2) is 52.9 Å². The number of nitrogens with zero attached hydrogens (tertiary/aromatic N) is 3. The average molecular weight is 485 g/mol. The summed E-state index contributed by atoms with van der Waals surface area (Å²) in [6.07, 6.45) is 0. The number of carbonyl (C=O) groups is 1. The molecule has 0 spiro atoms. The number of aryl methyl sites for hydroxylation is 1. The molecule has 3 aromatic heterocycles. The normalized spacial score (nSPS) is 10.7. The number of methoxy groups -OCH3 is 2. The van der Waals surface area contributed by atoms with Crippen LogP contribution in [0.1, 0.15) is 5.69 Å². The summed E-state index contributed by atoms with van der Waals surface area (Å²) in [5.41, 5.74) is 2.29. The van der Waals surface area contributed by atoms with Crippen LogP contribution >= 0.6 is 34.4 Å². The lowest BCUT2D eigenvalue weighted by atomic mass is 10.2. The van der Waals surface area contributed by atoms with Crippen LogP contribution in [-0.4, -0.2) is 41.1 Å². The number of benzene rings is 1. The summed E-state index contributed by atoms with van der Waals surface area (Å²) in [6, 6.07) is 13.1. The molecule has 0 atom stereocenters. The van der Waals surface area contributed by atoms with E-state index in [1.807, 2.05) is 30.5 Å². The van der Waals surface area contributed by atoms with Crippen molar-refractivity contribution in [2.45, 2.75) is 11.9 Å². The smallest absolute Gasteiger partial charge is 0.234 e. The third-order valence-corrected chi connectivity index (χ3v) is 7.57. The summed E-state index contributed by atoms with van der Waals surface area (Å²) in [7, 11) is 3.12. The van der Waals surface area contributed by atoms with Gasteiger partial charge in [-0.05, 0) is 42.6 Å². The molecule has 0 bridgehead atoms. The van der Waals surface area contributed by atoms with Crippen molar-refractivity contribution in [2.75, 3.05) is 25.3 Å². The molecule has 4 aromatic rings. The van der Waals surface area contributed by atoms with Gasteiger partial charge in [0.25, 0.3) is 0 Å². The molecule has 1 amide bonds. The Balaban J connectivity index is 1.38. The molecule has 0 saturated carbocycles. The Kier molecular flexibility index (Phi) is 7.03. The summed E-state index contributed by atoms with van der Waals surface area (Å²) >= 11 is 4.59. The minimum absolute atomic E-state index is 0.164. The van der Waals surface area contributed by atoms with Gasteiger partial charge in [-0.3, -0.25) is 4.79 Å². The van der Waals surface area contributed by atoms with Crippen molar-refractivity contribution < 1.29 is 14.3 Å². The molecule has 0 aliphatic rings. The molecular weight excluding hydrogens is 464 g/mol. The van der Waals surface area contributed by atoms with Crippen LogP contribution < -0.4 is 14.8 Å². The molecule has 1 N–H and O–H groups in total. The SMILES string of the molecule is COc1ccc(NC(=O)CSc2ccc(-c3sc(-c4cccs4)nc3C)nn2)c(OC)c1. The van der Waals surface area contributed by atoms with E-state index in [0.717, 1.165) is 26.1 Å². The summed E-state index contributed by atoms with van der Waals surface area (Å²) in [5, 5.41) is 15.2. The van der Waals surface area contributed by atoms with Gasteiger partial charge in [0.1, 0.15) is 27.2 Å². The van der Waals surface area contributed by atoms with Crippen molar-refractivity contribution in [1.82, 2.24) is 15.2 Å². The van der Waals surface area contributed by atoms with Gasteiger partial charge in [0.15, 0.2) is 0 Å². The van der Waals surface area contributed by atoms with Gasteiger partial charge in [0, 0.05) is 6.07 Å². The Labute approximate surface area is 197 Å². The lowest BCUT2D eigenvalue weighted by Gasteiger charge is -2.11. The predicted octanol–water partition coefficient (Wildman–Crippen LogP) is 5.39. The fourth-order valence-electron chi connectivity index (χ4n) is 2.89. The summed E-state index contributed by atoms with van der Waals surface area (Å²) in [4.78, 5) is 19.2. The summed E-state index contributed by atoms with van der Waals surface area (Å²) in [5.74, 6) is 1.23. The number of anilines is 1. The van der Waals surface area contributed by atoms with Gasteiger partial charge in [0.05, 0.1) is 41.1 Å². The molecule has 1 aromatic carbocycles. The lowest BCUT2D eigenvalue weighted by Crippen LogP contribution is -2.14. The highest BCUT2D eigenvalue weighted by molar-refractivity contribution is 7.99. The maximum Gasteiger partial charge on any atom is 0.234 e. The number of amides is 1. The van der Waals surface area contributed by atoms with E-state index in [1.165, 1.54) is 11.8 Å². The third-order valence-electron chi connectivity index (χ3n) is 4.44. The molecule has 0 aliphatic heterocycles. The Morgan fingerprint density at radius 3 is 2.69 bits per heavy atom. The van der Waals surface area contributed by atoms with Gasteiger partial charge < -0.3 is 14.8 Å². The number of thioether (sulfide) groups is 1. The van der Waals surface area contributed by atoms with Crippen LogP contribution in [0.2, 0.25) is 0 Å². The number of hydrogen-bond acceptors (Lipinski definition) is 9. The number of aromatic nitrogens is 3. The second-order valence-electron chi connectivity index (χ2n) is 6.57. The van der Waals surface area contributed by atoms with Gasteiger partial charge in [0.2, 0.25) is 5.91 Å². The van der Waals surface area contributed by atoms with E-state index in [9.17, 15) is 4.79 Å². The fraction of sp³-hybridized carbons (Fsp3) is 0.182. The molecule has 7 nitrogen and oxygen atoms in total. The van der Waals surface area contributed by atoms with Crippen LogP contribution in [0.3, 0.4) is 0 Å².